The fourth-order valence-corrected chi connectivity index (χ4v) is 1.43. The van der Waals surface area contributed by atoms with Crippen LogP contribution in [0.25, 0.3) is 0 Å². The number of ether oxygens (including phenoxy) is 1. The third kappa shape index (κ3) is 2.51. The van der Waals surface area contributed by atoms with Gasteiger partial charge in [-0.05, 0) is 36.8 Å². The van der Waals surface area contributed by atoms with E-state index < -0.39 is 0 Å². The smallest absolute Gasteiger partial charge is 0.132 e. The van der Waals surface area contributed by atoms with E-state index in [2.05, 4.69) is 4.98 Å². The minimum Gasteiger partial charge on any atom is -0.487 e. The second kappa shape index (κ2) is 4.66. The summed E-state index contributed by atoms with van der Waals surface area (Å²) in [4.78, 5) is 4.17. The Kier molecular flexibility index (Phi) is 3.05. The number of aryl methyl sites for hydroxylation is 1. The fraction of sp³-hybridized carbons (Fsp3) is 0.154. The largest absolute Gasteiger partial charge is 0.487 e. The van der Waals surface area contributed by atoms with Gasteiger partial charge in [0, 0.05) is 6.20 Å². The minimum absolute atomic E-state index is 0.399. The second-order valence-electron chi connectivity index (χ2n) is 3.64. The molecule has 0 aliphatic heterocycles. The Labute approximate surface area is 94.9 Å². The molecule has 0 amide bonds. The molecule has 0 bridgehead atoms. The summed E-state index contributed by atoms with van der Waals surface area (Å²) < 4.78 is 5.61. The van der Waals surface area contributed by atoms with Gasteiger partial charge in [0.2, 0.25) is 0 Å². The Morgan fingerprint density at radius 2 is 2.12 bits per heavy atom. The van der Waals surface area contributed by atoms with Crippen LogP contribution in [0.2, 0.25) is 0 Å². The molecule has 0 fully saturated rings. The lowest BCUT2D eigenvalue weighted by Crippen LogP contribution is -2.02. The molecule has 2 N–H and O–H groups in total. The standard InChI is InChI=1S/C13H14N2O/c1-10-4-2-5-11(8-10)16-9-13-12(14)6-3-7-15-13/h2-8H,9,14H2,1H3. The fourth-order valence-electron chi connectivity index (χ4n) is 1.43. The zero-order valence-corrected chi connectivity index (χ0v) is 9.18. The van der Waals surface area contributed by atoms with E-state index in [-0.39, 0.29) is 0 Å². The van der Waals surface area contributed by atoms with E-state index in [1.807, 2.05) is 43.3 Å². The van der Waals surface area contributed by atoms with Crippen molar-refractivity contribution in [3.63, 3.8) is 0 Å². The first-order chi connectivity index (χ1) is 7.75. The Morgan fingerprint density at radius 3 is 2.88 bits per heavy atom. The number of anilines is 1. The highest BCUT2D eigenvalue weighted by molar-refractivity contribution is 5.41. The third-order valence-corrected chi connectivity index (χ3v) is 2.29. The van der Waals surface area contributed by atoms with Crippen LogP contribution in [0.5, 0.6) is 5.75 Å². The second-order valence-corrected chi connectivity index (χ2v) is 3.64. The number of nitrogens with zero attached hydrogens (tertiary/aromatic N) is 1. The topological polar surface area (TPSA) is 48.1 Å². The van der Waals surface area contributed by atoms with Crippen molar-refractivity contribution >= 4 is 5.69 Å². The molecule has 0 aliphatic carbocycles. The zero-order valence-electron chi connectivity index (χ0n) is 9.18. The molecular weight excluding hydrogens is 200 g/mol. The maximum atomic E-state index is 5.77. The predicted molar refractivity (Wildman–Crippen MR) is 64.2 cm³/mol. The lowest BCUT2D eigenvalue weighted by Gasteiger charge is -2.07. The molecule has 1 aromatic carbocycles. The Morgan fingerprint density at radius 1 is 1.25 bits per heavy atom. The molecule has 0 unspecified atom stereocenters. The molecule has 0 aliphatic rings. The molecule has 3 heteroatoms. The van der Waals surface area contributed by atoms with Crippen LogP contribution in [0.1, 0.15) is 11.3 Å². The summed E-state index contributed by atoms with van der Waals surface area (Å²) in [5.74, 6) is 0.838. The zero-order chi connectivity index (χ0) is 11.4. The highest BCUT2D eigenvalue weighted by atomic mass is 16.5. The summed E-state index contributed by atoms with van der Waals surface area (Å²) in [6, 6.07) is 11.5. The molecular formula is C13H14N2O. The SMILES string of the molecule is Cc1cccc(OCc2ncccc2N)c1. The number of hydrogen-bond donors (Lipinski definition) is 1. The van der Waals surface area contributed by atoms with Crippen molar-refractivity contribution in [2.45, 2.75) is 13.5 Å². The number of aromatic nitrogens is 1. The molecule has 82 valence electrons. The van der Waals surface area contributed by atoms with E-state index in [0.29, 0.717) is 12.3 Å². The van der Waals surface area contributed by atoms with Crippen LogP contribution in [-0.2, 0) is 6.61 Å². The van der Waals surface area contributed by atoms with Crippen molar-refractivity contribution in [3.8, 4) is 5.75 Å². The van der Waals surface area contributed by atoms with Gasteiger partial charge < -0.3 is 10.5 Å². The summed E-state index contributed by atoms with van der Waals surface area (Å²) in [7, 11) is 0. The summed E-state index contributed by atoms with van der Waals surface area (Å²) in [5.41, 5.74) is 8.37. The van der Waals surface area contributed by atoms with Crippen LogP contribution in [-0.4, -0.2) is 4.98 Å². The van der Waals surface area contributed by atoms with Gasteiger partial charge in [0.05, 0.1) is 5.69 Å². The average molecular weight is 214 g/mol. The maximum Gasteiger partial charge on any atom is 0.132 e. The van der Waals surface area contributed by atoms with Crippen molar-refractivity contribution < 1.29 is 4.74 Å². The summed E-state index contributed by atoms with van der Waals surface area (Å²) in [6.07, 6.45) is 1.71. The normalized spacial score (nSPS) is 10.1. The summed E-state index contributed by atoms with van der Waals surface area (Å²) >= 11 is 0. The van der Waals surface area contributed by atoms with E-state index in [1.54, 1.807) is 6.20 Å². The average Bonchev–Trinajstić information content (AvgIpc) is 2.28. The molecule has 0 spiro atoms. The number of pyridine rings is 1. The van der Waals surface area contributed by atoms with Crippen LogP contribution in [0.4, 0.5) is 5.69 Å². The summed E-state index contributed by atoms with van der Waals surface area (Å²) in [6.45, 7) is 2.43. The van der Waals surface area contributed by atoms with Crippen LogP contribution in [0.3, 0.4) is 0 Å². The molecule has 0 saturated carbocycles. The maximum absolute atomic E-state index is 5.77. The third-order valence-electron chi connectivity index (χ3n) is 2.29. The van der Waals surface area contributed by atoms with Crippen molar-refractivity contribution in [2.24, 2.45) is 0 Å². The monoisotopic (exact) mass is 214 g/mol. The molecule has 0 saturated heterocycles. The van der Waals surface area contributed by atoms with E-state index in [4.69, 9.17) is 10.5 Å². The van der Waals surface area contributed by atoms with Crippen LogP contribution < -0.4 is 10.5 Å². The molecule has 2 aromatic rings. The Balaban J connectivity index is 2.05. The molecule has 1 heterocycles. The first-order valence-corrected chi connectivity index (χ1v) is 5.14. The van der Waals surface area contributed by atoms with Gasteiger partial charge in [-0.15, -0.1) is 0 Å². The molecule has 3 nitrogen and oxygen atoms in total. The first kappa shape index (κ1) is 10.5. The molecule has 0 atom stereocenters. The van der Waals surface area contributed by atoms with Gasteiger partial charge in [0.15, 0.2) is 0 Å². The number of nitrogens with two attached hydrogens (primary N) is 1. The van der Waals surface area contributed by atoms with Gasteiger partial charge in [-0.25, -0.2) is 0 Å². The Hall–Kier alpha value is -2.03. The van der Waals surface area contributed by atoms with E-state index in [1.165, 1.54) is 5.56 Å². The lowest BCUT2D eigenvalue weighted by molar-refractivity contribution is 0.302. The van der Waals surface area contributed by atoms with E-state index >= 15 is 0 Å². The van der Waals surface area contributed by atoms with Gasteiger partial charge in [-0.2, -0.15) is 0 Å². The number of hydrogen-bond acceptors (Lipinski definition) is 3. The van der Waals surface area contributed by atoms with Crippen molar-refractivity contribution in [1.29, 1.82) is 0 Å². The molecule has 2 rings (SSSR count). The first-order valence-electron chi connectivity index (χ1n) is 5.14. The number of nitrogen functional groups attached to an aromatic ring is 1. The highest BCUT2D eigenvalue weighted by Crippen LogP contribution is 2.15. The van der Waals surface area contributed by atoms with Crippen LogP contribution >= 0.6 is 0 Å². The molecule has 0 radical (unpaired) electrons. The van der Waals surface area contributed by atoms with Gasteiger partial charge in [-0.1, -0.05) is 12.1 Å². The van der Waals surface area contributed by atoms with E-state index in [0.717, 1.165) is 11.4 Å². The van der Waals surface area contributed by atoms with Crippen molar-refractivity contribution in [2.75, 3.05) is 5.73 Å². The summed E-state index contributed by atoms with van der Waals surface area (Å²) in [5, 5.41) is 0. The predicted octanol–water partition coefficient (Wildman–Crippen LogP) is 2.55. The molecule has 16 heavy (non-hydrogen) atoms. The lowest BCUT2D eigenvalue weighted by atomic mass is 10.2. The van der Waals surface area contributed by atoms with E-state index in [9.17, 15) is 0 Å². The molecule has 1 aromatic heterocycles. The Bertz CT molecular complexity index is 483. The minimum atomic E-state index is 0.399. The van der Waals surface area contributed by atoms with Gasteiger partial charge >= 0.3 is 0 Å². The van der Waals surface area contributed by atoms with Crippen molar-refractivity contribution in [1.82, 2.24) is 4.98 Å². The van der Waals surface area contributed by atoms with Gasteiger partial charge in [-0.3, -0.25) is 4.98 Å². The van der Waals surface area contributed by atoms with Crippen LogP contribution in [0.15, 0.2) is 42.6 Å². The number of rotatable bonds is 3. The van der Waals surface area contributed by atoms with Crippen LogP contribution in [0, 0.1) is 6.92 Å². The highest BCUT2D eigenvalue weighted by Gasteiger charge is 2.00. The van der Waals surface area contributed by atoms with Gasteiger partial charge in [0.25, 0.3) is 0 Å². The van der Waals surface area contributed by atoms with Gasteiger partial charge in [0.1, 0.15) is 18.1 Å². The van der Waals surface area contributed by atoms with Crippen molar-refractivity contribution in [3.05, 3.63) is 53.9 Å². The number of benzene rings is 1. The quantitative estimate of drug-likeness (QED) is 0.854.